The van der Waals surface area contributed by atoms with Crippen molar-refractivity contribution in [3.8, 4) is 5.75 Å². The summed E-state index contributed by atoms with van der Waals surface area (Å²) in [5.41, 5.74) is 3.91. The largest absolute Gasteiger partial charge is 0.457 e. The molecule has 1 saturated heterocycles. The van der Waals surface area contributed by atoms with E-state index in [9.17, 15) is 27.6 Å². The van der Waals surface area contributed by atoms with E-state index < -0.39 is 46.2 Å². The van der Waals surface area contributed by atoms with Crippen LogP contribution in [-0.2, 0) is 24.4 Å². The molecule has 4 rings (SSSR count). The first-order valence-electron chi connectivity index (χ1n) is 11.6. The minimum Gasteiger partial charge on any atom is -0.457 e. The summed E-state index contributed by atoms with van der Waals surface area (Å²) in [6.07, 6.45) is -0.163. The second kappa shape index (κ2) is 11.3. The lowest BCUT2D eigenvalue weighted by Gasteiger charge is -2.17. The number of hydrogen-bond donors (Lipinski definition) is 1. The summed E-state index contributed by atoms with van der Waals surface area (Å²) >= 11 is 0. The number of esters is 1. The lowest BCUT2D eigenvalue weighted by Crippen LogP contribution is -2.43. The van der Waals surface area contributed by atoms with Gasteiger partial charge in [-0.05, 0) is 55.5 Å². The summed E-state index contributed by atoms with van der Waals surface area (Å²) in [4.78, 5) is 49.4. The topological polar surface area (TPSA) is 136 Å². The molecular formula is C27H24N2O8S. The number of nitrogens with one attached hydrogen (secondary N) is 1. The molecule has 0 unspecified atom stereocenters. The molecule has 1 fully saturated rings. The van der Waals surface area contributed by atoms with Gasteiger partial charge >= 0.3 is 16.1 Å². The van der Waals surface area contributed by atoms with Gasteiger partial charge in [0.25, 0.3) is 5.91 Å². The number of Topliss-reactive ketones (excluding diaryl/α,β-unsaturated/α-hetero) is 1. The highest BCUT2D eigenvalue weighted by atomic mass is 32.2. The fourth-order valence-corrected chi connectivity index (χ4v) is 4.59. The lowest BCUT2D eigenvalue weighted by atomic mass is 10.1. The van der Waals surface area contributed by atoms with Crippen LogP contribution in [0.5, 0.6) is 5.75 Å². The summed E-state index contributed by atoms with van der Waals surface area (Å²) in [6, 6.07) is 19.8. The molecule has 0 radical (unpaired) electrons. The molecule has 0 aromatic heterocycles. The van der Waals surface area contributed by atoms with Crippen LogP contribution < -0.4 is 9.61 Å². The minimum absolute atomic E-state index is 0.00115. The van der Waals surface area contributed by atoms with Crippen molar-refractivity contribution >= 4 is 33.7 Å². The van der Waals surface area contributed by atoms with Gasteiger partial charge in [-0.2, -0.15) is 8.42 Å². The van der Waals surface area contributed by atoms with Crippen molar-refractivity contribution in [2.24, 2.45) is 5.92 Å². The Morgan fingerprint density at radius 2 is 1.58 bits per heavy atom. The maximum Gasteiger partial charge on any atom is 0.339 e. The fraction of sp³-hybridized carbons (Fsp3) is 0.185. The monoisotopic (exact) mass is 536 g/mol. The van der Waals surface area contributed by atoms with E-state index in [1.807, 2.05) is 6.92 Å². The molecule has 0 bridgehead atoms. The lowest BCUT2D eigenvalue weighted by molar-refractivity contribution is -0.147. The normalized spacial score (nSPS) is 15.1. The molecule has 1 atom stereocenters. The Kier molecular flexibility index (Phi) is 7.87. The predicted molar refractivity (Wildman–Crippen MR) is 134 cm³/mol. The number of carbonyl (C=O) groups excluding carboxylic acids is 4. The molecule has 2 amide bonds. The Labute approximate surface area is 219 Å². The Morgan fingerprint density at radius 1 is 0.921 bits per heavy atom. The first-order chi connectivity index (χ1) is 18.1. The van der Waals surface area contributed by atoms with Gasteiger partial charge in [-0.1, -0.05) is 35.9 Å². The average molecular weight is 537 g/mol. The fourth-order valence-electron chi connectivity index (χ4n) is 3.66. The molecule has 0 spiro atoms. The molecule has 11 heteroatoms. The second-order valence-electron chi connectivity index (χ2n) is 8.62. The first kappa shape index (κ1) is 26.6. The molecular weight excluding hydrogens is 512 g/mol. The average Bonchev–Trinajstić information content (AvgIpc) is 3.28. The van der Waals surface area contributed by atoms with Crippen LogP contribution in [0.3, 0.4) is 0 Å². The number of aryl methyl sites for hydroxylation is 1. The zero-order chi connectivity index (χ0) is 27.3. The zero-order valence-electron chi connectivity index (χ0n) is 20.3. The number of hydrogen-bond acceptors (Lipinski definition) is 8. The molecule has 196 valence electrons. The highest BCUT2D eigenvalue weighted by Gasteiger charge is 2.36. The van der Waals surface area contributed by atoms with Gasteiger partial charge in [-0.3, -0.25) is 29.6 Å². The van der Waals surface area contributed by atoms with Crippen LogP contribution in [0.4, 0.5) is 0 Å². The van der Waals surface area contributed by atoms with E-state index >= 15 is 0 Å². The van der Waals surface area contributed by atoms with Crippen molar-refractivity contribution < 1.29 is 36.5 Å². The number of ketones is 1. The predicted octanol–water partition coefficient (Wildman–Crippen LogP) is 2.68. The van der Waals surface area contributed by atoms with E-state index in [1.165, 1.54) is 36.4 Å². The van der Waals surface area contributed by atoms with Crippen LogP contribution in [0.15, 0.2) is 83.8 Å². The van der Waals surface area contributed by atoms with Crippen LogP contribution in [0.25, 0.3) is 0 Å². The van der Waals surface area contributed by atoms with Crippen LogP contribution in [0, 0.1) is 12.8 Å². The van der Waals surface area contributed by atoms with Crippen molar-refractivity contribution in [3.05, 3.63) is 95.6 Å². The molecule has 1 aliphatic heterocycles. The number of nitrogens with zero attached hydrogens (tertiary/aromatic N) is 1. The van der Waals surface area contributed by atoms with Gasteiger partial charge in [0.05, 0.1) is 12.5 Å². The quantitative estimate of drug-likeness (QED) is 0.250. The molecule has 1 heterocycles. The van der Waals surface area contributed by atoms with E-state index in [-0.39, 0.29) is 29.2 Å². The van der Waals surface area contributed by atoms with Crippen molar-refractivity contribution in [1.82, 2.24) is 10.4 Å². The summed E-state index contributed by atoms with van der Waals surface area (Å²) in [6.45, 7) is 1.19. The smallest absolute Gasteiger partial charge is 0.339 e. The molecule has 1 N–H and O–H groups in total. The van der Waals surface area contributed by atoms with E-state index in [0.717, 1.165) is 10.6 Å². The second-order valence-corrected chi connectivity index (χ2v) is 10.2. The van der Waals surface area contributed by atoms with Crippen LogP contribution in [0.1, 0.15) is 32.7 Å². The minimum atomic E-state index is -4.04. The molecule has 3 aromatic rings. The molecule has 3 aromatic carbocycles. The maximum atomic E-state index is 12.5. The van der Waals surface area contributed by atoms with Crippen LogP contribution in [-0.4, -0.2) is 50.1 Å². The third-order valence-electron chi connectivity index (χ3n) is 5.77. The van der Waals surface area contributed by atoms with Gasteiger partial charge in [0, 0.05) is 17.5 Å². The Bertz CT molecular complexity index is 1450. The van der Waals surface area contributed by atoms with Crippen molar-refractivity contribution in [2.45, 2.75) is 18.2 Å². The highest BCUT2D eigenvalue weighted by molar-refractivity contribution is 7.87. The summed E-state index contributed by atoms with van der Waals surface area (Å²) in [7, 11) is -4.04. The zero-order valence-corrected chi connectivity index (χ0v) is 21.1. The van der Waals surface area contributed by atoms with Gasteiger partial charge in [-0.15, -0.1) is 0 Å². The van der Waals surface area contributed by atoms with Crippen molar-refractivity contribution in [2.75, 3.05) is 13.2 Å². The number of carbonyl (C=O) groups is 4. The van der Waals surface area contributed by atoms with Gasteiger partial charge in [-0.25, -0.2) is 0 Å². The number of rotatable bonds is 9. The van der Waals surface area contributed by atoms with E-state index in [4.69, 9.17) is 8.92 Å². The molecule has 0 saturated carbocycles. The molecule has 38 heavy (non-hydrogen) atoms. The summed E-state index contributed by atoms with van der Waals surface area (Å²) in [5, 5.41) is 1.06. The standard InChI is InChI=1S/C27H24N2O8S/c1-18-7-13-23(14-8-18)38(34,35)37-22-11-9-19(10-12-22)24(30)17-36-27(33)21-15-25(31)29(16-21)28-26(32)20-5-3-2-4-6-20/h2-14,21H,15-17H2,1H3,(H,28,32)/t21-/m1/s1. The number of benzene rings is 3. The van der Waals surface area contributed by atoms with Crippen LogP contribution in [0.2, 0.25) is 0 Å². The van der Waals surface area contributed by atoms with E-state index in [1.54, 1.807) is 42.5 Å². The third kappa shape index (κ3) is 6.43. The van der Waals surface area contributed by atoms with Gasteiger partial charge in [0.2, 0.25) is 5.91 Å². The van der Waals surface area contributed by atoms with Crippen molar-refractivity contribution in [3.63, 3.8) is 0 Å². The first-order valence-corrected chi connectivity index (χ1v) is 13.0. The van der Waals surface area contributed by atoms with Crippen molar-refractivity contribution in [1.29, 1.82) is 0 Å². The van der Waals surface area contributed by atoms with Crippen LogP contribution >= 0.6 is 0 Å². The number of ether oxygens (including phenoxy) is 1. The van der Waals surface area contributed by atoms with E-state index in [0.29, 0.717) is 5.56 Å². The summed E-state index contributed by atoms with van der Waals surface area (Å²) in [5.74, 6) is -3.02. The highest BCUT2D eigenvalue weighted by Crippen LogP contribution is 2.21. The maximum absolute atomic E-state index is 12.5. The number of amides is 2. The number of hydrazine groups is 1. The Morgan fingerprint density at radius 3 is 2.24 bits per heavy atom. The molecule has 10 nitrogen and oxygen atoms in total. The van der Waals surface area contributed by atoms with Gasteiger partial charge < -0.3 is 8.92 Å². The Hall–Kier alpha value is -4.51. The summed E-state index contributed by atoms with van der Waals surface area (Å²) < 4.78 is 35.0. The Balaban J connectivity index is 1.27. The van der Waals surface area contributed by atoms with Gasteiger partial charge in [0.1, 0.15) is 10.6 Å². The SMILES string of the molecule is Cc1ccc(S(=O)(=O)Oc2ccc(C(=O)COC(=O)[C@@H]3CC(=O)N(NC(=O)c4ccccc4)C3)cc2)cc1. The van der Waals surface area contributed by atoms with E-state index in [2.05, 4.69) is 5.43 Å². The molecule has 0 aliphatic carbocycles. The molecule has 1 aliphatic rings. The van der Waals surface area contributed by atoms with Gasteiger partial charge in [0.15, 0.2) is 12.4 Å². The third-order valence-corrected chi connectivity index (χ3v) is 7.03.